The van der Waals surface area contributed by atoms with Gasteiger partial charge in [-0.25, -0.2) is 0 Å². The molecule has 3 rings (SSSR count). The van der Waals surface area contributed by atoms with Crippen LogP contribution in [0, 0.1) is 0 Å². The van der Waals surface area contributed by atoms with E-state index in [0.29, 0.717) is 28.5 Å². The van der Waals surface area contributed by atoms with Gasteiger partial charge in [-0.2, -0.15) is 0 Å². The quantitative estimate of drug-likeness (QED) is 0.289. The molecule has 0 atom stereocenters. The van der Waals surface area contributed by atoms with Crippen LogP contribution in [0.25, 0.3) is 11.3 Å². The van der Waals surface area contributed by atoms with Gasteiger partial charge in [-0.05, 0) is 0 Å². The third kappa shape index (κ3) is 3.45. The van der Waals surface area contributed by atoms with Gasteiger partial charge in [0, 0.05) is 0 Å². The van der Waals surface area contributed by atoms with Crippen LogP contribution in [-0.2, 0) is 0 Å². The summed E-state index contributed by atoms with van der Waals surface area (Å²) in [6.07, 6.45) is 0. The normalized spacial score (nSPS) is 11.3. The van der Waals surface area contributed by atoms with Crippen LogP contribution in [0.3, 0.4) is 0 Å². The summed E-state index contributed by atoms with van der Waals surface area (Å²) in [5, 5.41) is 13.1. The first-order valence-corrected chi connectivity index (χ1v) is 9.60. The number of aromatic nitrogens is 1. The van der Waals surface area contributed by atoms with Gasteiger partial charge in [0.1, 0.15) is 0 Å². The predicted molar refractivity (Wildman–Crippen MR) is 100 cm³/mol. The van der Waals surface area contributed by atoms with Gasteiger partial charge in [-0.1, -0.05) is 0 Å². The summed E-state index contributed by atoms with van der Waals surface area (Å²) in [5.74, 6) is 1.47. The van der Waals surface area contributed by atoms with Crippen LogP contribution in [0.5, 0.6) is 17.2 Å². The van der Waals surface area contributed by atoms with Crippen molar-refractivity contribution < 1.29 is 19.4 Å². The van der Waals surface area contributed by atoms with E-state index >= 15 is 0 Å². The summed E-state index contributed by atoms with van der Waals surface area (Å²) in [4.78, 5) is 6.73. The van der Waals surface area contributed by atoms with E-state index in [9.17, 15) is 5.21 Å². The van der Waals surface area contributed by atoms with Gasteiger partial charge in [0.25, 0.3) is 0 Å². The van der Waals surface area contributed by atoms with E-state index in [4.69, 9.17) is 14.2 Å². The standard InChI is InChI=1S/C19H18N2O4Se/c1-23-15-9-13(10-16(24-2)18(15)25-3)17(21-22)19-20-14(11-26-19)12-7-5-4-6-8-12/h4-11,22H,1-3H3/b21-17-. The first-order chi connectivity index (χ1) is 12.7. The van der Waals surface area contributed by atoms with Crippen molar-refractivity contribution in [3.63, 3.8) is 0 Å². The van der Waals surface area contributed by atoms with E-state index in [1.165, 1.54) is 0 Å². The molecule has 2 aromatic carbocycles. The van der Waals surface area contributed by atoms with E-state index < -0.39 is 0 Å². The third-order valence-corrected chi connectivity index (χ3v) is 5.60. The second-order valence-corrected chi connectivity index (χ2v) is 7.07. The fraction of sp³-hybridized carbons (Fsp3) is 0.158. The van der Waals surface area contributed by atoms with E-state index in [1.54, 1.807) is 33.5 Å². The van der Waals surface area contributed by atoms with E-state index in [2.05, 4.69) is 15.1 Å². The molecule has 26 heavy (non-hydrogen) atoms. The molecule has 0 aliphatic heterocycles. The second-order valence-electron chi connectivity index (χ2n) is 5.27. The SMILES string of the molecule is COc1cc(/C(=N/O)c2nc(-c3ccccc3)c[se]2)cc(OC)c1OC. The first-order valence-electron chi connectivity index (χ1n) is 7.75. The van der Waals surface area contributed by atoms with Crippen LogP contribution in [0.15, 0.2) is 52.6 Å². The summed E-state index contributed by atoms with van der Waals surface area (Å²) in [6.45, 7) is 0. The van der Waals surface area contributed by atoms with Crippen molar-refractivity contribution in [2.75, 3.05) is 21.3 Å². The zero-order valence-corrected chi connectivity index (χ0v) is 16.3. The van der Waals surface area contributed by atoms with Crippen LogP contribution < -0.4 is 14.2 Å². The Morgan fingerprint density at radius 2 is 1.65 bits per heavy atom. The molecule has 1 aromatic heterocycles. The van der Waals surface area contributed by atoms with Gasteiger partial charge >= 0.3 is 157 Å². The van der Waals surface area contributed by atoms with Crippen LogP contribution >= 0.6 is 0 Å². The Hall–Kier alpha value is -2.76. The van der Waals surface area contributed by atoms with Crippen molar-refractivity contribution in [1.29, 1.82) is 0 Å². The molecule has 0 radical (unpaired) electrons. The number of hydrogen-bond acceptors (Lipinski definition) is 6. The first kappa shape index (κ1) is 18.0. The number of nitrogens with zero attached hydrogens (tertiary/aromatic N) is 2. The number of rotatable bonds is 6. The van der Waals surface area contributed by atoms with Crippen LogP contribution in [0.1, 0.15) is 10.1 Å². The molecule has 0 amide bonds. The number of hydrogen-bond donors (Lipinski definition) is 1. The van der Waals surface area contributed by atoms with Crippen molar-refractivity contribution in [2.45, 2.75) is 0 Å². The molecule has 0 spiro atoms. The molecule has 0 unspecified atom stereocenters. The summed E-state index contributed by atoms with van der Waals surface area (Å²) in [7, 11) is 4.63. The molecule has 0 aliphatic carbocycles. The van der Waals surface area contributed by atoms with E-state index in [0.717, 1.165) is 15.8 Å². The summed E-state index contributed by atoms with van der Waals surface area (Å²) >= 11 is -0.0485. The zero-order valence-electron chi connectivity index (χ0n) is 14.6. The van der Waals surface area contributed by atoms with Crippen molar-refractivity contribution in [3.8, 4) is 28.5 Å². The molecule has 3 aromatic rings. The Labute approximate surface area is 157 Å². The summed E-state index contributed by atoms with van der Waals surface area (Å²) < 4.78 is 16.8. The summed E-state index contributed by atoms with van der Waals surface area (Å²) in [5.41, 5.74) is 2.96. The Balaban J connectivity index is 2.04. The van der Waals surface area contributed by atoms with Gasteiger partial charge in [0.05, 0.1) is 0 Å². The topological polar surface area (TPSA) is 73.2 Å². The Kier molecular flexibility index (Phi) is 5.61. The summed E-state index contributed by atoms with van der Waals surface area (Å²) in [6, 6.07) is 13.4. The molecule has 1 heterocycles. The number of ether oxygens (including phenoxy) is 3. The maximum absolute atomic E-state index is 9.63. The fourth-order valence-corrected chi connectivity index (χ4v) is 4.31. The van der Waals surface area contributed by atoms with Gasteiger partial charge in [-0.15, -0.1) is 0 Å². The molecule has 6 nitrogen and oxygen atoms in total. The van der Waals surface area contributed by atoms with Gasteiger partial charge in [0.2, 0.25) is 0 Å². The van der Waals surface area contributed by atoms with Crippen molar-refractivity contribution in [2.24, 2.45) is 5.16 Å². The maximum atomic E-state index is 9.63. The van der Waals surface area contributed by atoms with Crippen molar-refractivity contribution in [3.05, 3.63) is 57.5 Å². The molecular weight excluding hydrogens is 399 g/mol. The molecule has 134 valence electrons. The van der Waals surface area contributed by atoms with Gasteiger partial charge in [-0.3, -0.25) is 0 Å². The predicted octanol–water partition coefficient (Wildman–Crippen LogP) is 3.06. The zero-order chi connectivity index (χ0) is 18.5. The molecule has 0 fully saturated rings. The number of methoxy groups -OCH3 is 3. The third-order valence-electron chi connectivity index (χ3n) is 3.81. The minimum absolute atomic E-state index is 0.0485. The van der Waals surface area contributed by atoms with Crippen LogP contribution in [0.2, 0.25) is 0 Å². The monoisotopic (exact) mass is 418 g/mol. The van der Waals surface area contributed by atoms with Crippen molar-refractivity contribution in [1.82, 2.24) is 4.98 Å². The molecule has 0 aliphatic rings. The minimum atomic E-state index is -0.0485. The van der Waals surface area contributed by atoms with Crippen molar-refractivity contribution >= 4 is 20.2 Å². The number of oxime groups is 1. The fourth-order valence-electron chi connectivity index (χ4n) is 2.57. The van der Waals surface area contributed by atoms with Gasteiger partial charge < -0.3 is 0 Å². The Bertz CT molecular complexity index is 897. The molecular formula is C19H18N2O4Se. The van der Waals surface area contributed by atoms with E-state index in [1.807, 2.05) is 30.3 Å². The molecule has 0 saturated carbocycles. The van der Waals surface area contributed by atoms with Crippen LogP contribution in [0.4, 0.5) is 0 Å². The Morgan fingerprint density at radius 3 is 2.19 bits per heavy atom. The second kappa shape index (κ2) is 8.08. The van der Waals surface area contributed by atoms with Gasteiger partial charge in [0.15, 0.2) is 0 Å². The molecule has 7 heteroatoms. The van der Waals surface area contributed by atoms with Crippen LogP contribution in [-0.4, -0.2) is 51.7 Å². The average molecular weight is 417 g/mol. The van der Waals surface area contributed by atoms with E-state index in [-0.39, 0.29) is 14.5 Å². The molecule has 0 saturated heterocycles. The average Bonchev–Trinajstić information content (AvgIpc) is 3.18. The number of benzene rings is 2. The Morgan fingerprint density at radius 1 is 1.00 bits per heavy atom. The molecule has 1 N–H and O–H groups in total. The molecule has 0 bridgehead atoms.